The third kappa shape index (κ3) is 4.40. The summed E-state index contributed by atoms with van der Waals surface area (Å²) < 4.78 is 42.4. The SMILES string of the molecule is COC(C)CNc1cc(C(F)(F)F)cc(Cl)n1. The summed E-state index contributed by atoms with van der Waals surface area (Å²) in [4.78, 5) is 3.75. The number of rotatable bonds is 4. The second-order valence-corrected chi connectivity index (χ2v) is 3.88. The highest BCUT2D eigenvalue weighted by Gasteiger charge is 2.31. The molecule has 0 spiro atoms. The maximum absolute atomic E-state index is 12.5. The van der Waals surface area contributed by atoms with Gasteiger partial charge in [-0.1, -0.05) is 11.6 Å². The number of anilines is 1. The van der Waals surface area contributed by atoms with Crippen LogP contribution < -0.4 is 5.32 Å². The molecule has 1 aromatic rings. The van der Waals surface area contributed by atoms with Gasteiger partial charge in [0.25, 0.3) is 0 Å². The molecule has 0 saturated heterocycles. The molecule has 0 aliphatic rings. The summed E-state index contributed by atoms with van der Waals surface area (Å²) in [6.45, 7) is 2.13. The molecule has 96 valence electrons. The van der Waals surface area contributed by atoms with Crippen molar-refractivity contribution in [1.82, 2.24) is 4.98 Å². The van der Waals surface area contributed by atoms with Crippen LogP contribution in [0.3, 0.4) is 0 Å². The van der Waals surface area contributed by atoms with Crippen LogP contribution in [0, 0.1) is 0 Å². The van der Waals surface area contributed by atoms with Crippen LogP contribution in [0.2, 0.25) is 5.15 Å². The van der Waals surface area contributed by atoms with Crippen molar-refractivity contribution in [3.05, 3.63) is 22.8 Å². The standard InChI is InChI=1S/C10H12ClF3N2O/c1-6(17-2)5-15-9-4-7(10(12,13)14)3-8(11)16-9/h3-4,6H,5H2,1-2H3,(H,15,16). The Hall–Kier alpha value is -1.01. The Bertz CT molecular complexity index is 384. The summed E-state index contributed by atoms with van der Waals surface area (Å²) in [5, 5.41) is 2.53. The lowest BCUT2D eigenvalue weighted by Gasteiger charge is -2.13. The van der Waals surface area contributed by atoms with Crippen molar-refractivity contribution in [3.8, 4) is 0 Å². The molecule has 0 aromatic carbocycles. The number of hydrogen-bond acceptors (Lipinski definition) is 3. The molecule has 17 heavy (non-hydrogen) atoms. The average Bonchev–Trinajstić information content (AvgIpc) is 2.24. The summed E-state index contributed by atoms with van der Waals surface area (Å²) in [5.74, 6) is 0.0775. The molecule has 0 aliphatic heterocycles. The minimum Gasteiger partial charge on any atom is -0.380 e. The Kier molecular flexibility index (Phi) is 4.59. The summed E-state index contributed by atoms with van der Waals surface area (Å²) in [5.41, 5.74) is -0.829. The van der Waals surface area contributed by atoms with E-state index in [1.807, 2.05) is 0 Å². The zero-order valence-electron chi connectivity index (χ0n) is 9.31. The van der Waals surface area contributed by atoms with Gasteiger partial charge in [0.05, 0.1) is 11.7 Å². The van der Waals surface area contributed by atoms with Crippen molar-refractivity contribution in [2.45, 2.75) is 19.2 Å². The van der Waals surface area contributed by atoms with Gasteiger partial charge < -0.3 is 10.1 Å². The number of nitrogens with zero attached hydrogens (tertiary/aromatic N) is 1. The second-order valence-electron chi connectivity index (χ2n) is 3.49. The maximum atomic E-state index is 12.5. The molecule has 0 radical (unpaired) electrons. The van der Waals surface area contributed by atoms with E-state index in [1.54, 1.807) is 6.92 Å². The predicted molar refractivity (Wildman–Crippen MR) is 59.2 cm³/mol. The minimum absolute atomic E-state index is 0.0775. The first kappa shape index (κ1) is 14.1. The molecule has 1 unspecified atom stereocenters. The molecule has 0 fully saturated rings. The lowest BCUT2D eigenvalue weighted by Crippen LogP contribution is -2.19. The van der Waals surface area contributed by atoms with E-state index >= 15 is 0 Å². The number of alkyl halides is 3. The van der Waals surface area contributed by atoms with Crippen molar-refractivity contribution in [3.63, 3.8) is 0 Å². The van der Waals surface area contributed by atoms with Gasteiger partial charge in [0.1, 0.15) is 11.0 Å². The third-order valence-corrected chi connectivity index (χ3v) is 2.29. The van der Waals surface area contributed by atoms with E-state index in [9.17, 15) is 13.2 Å². The number of ether oxygens (including phenoxy) is 1. The van der Waals surface area contributed by atoms with Crippen LogP contribution in [-0.2, 0) is 10.9 Å². The van der Waals surface area contributed by atoms with Gasteiger partial charge in [0, 0.05) is 13.7 Å². The van der Waals surface area contributed by atoms with E-state index in [0.29, 0.717) is 6.54 Å². The van der Waals surface area contributed by atoms with Gasteiger partial charge in [-0.3, -0.25) is 0 Å². The topological polar surface area (TPSA) is 34.1 Å². The zero-order chi connectivity index (χ0) is 13.1. The number of aromatic nitrogens is 1. The van der Waals surface area contributed by atoms with Crippen LogP contribution in [0.25, 0.3) is 0 Å². The molecule has 0 amide bonds. The van der Waals surface area contributed by atoms with Gasteiger partial charge in [-0.05, 0) is 19.1 Å². The molecular weight excluding hydrogens is 257 g/mol. The van der Waals surface area contributed by atoms with E-state index < -0.39 is 11.7 Å². The van der Waals surface area contributed by atoms with E-state index in [0.717, 1.165) is 12.1 Å². The minimum atomic E-state index is -4.43. The van der Waals surface area contributed by atoms with Crippen molar-refractivity contribution in [1.29, 1.82) is 0 Å². The second kappa shape index (κ2) is 5.55. The molecule has 3 nitrogen and oxygen atoms in total. The molecule has 1 N–H and O–H groups in total. The van der Waals surface area contributed by atoms with Crippen molar-refractivity contribution in [2.24, 2.45) is 0 Å². The Morgan fingerprint density at radius 1 is 1.47 bits per heavy atom. The summed E-state index contributed by atoms with van der Waals surface area (Å²) in [6.07, 6.45) is -4.57. The molecule has 1 heterocycles. The molecule has 7 heteroatoms. The molecule has 0 saturated carbocycles. The highest BCUT2D eigenvalue weighted by Crippen LogP contribution is 2.31. The Labute approximate surface area is 102 Å². The highest BCUT2D eigenvalue weighted by atomic mass is 35.5. The fraction of sp³-hybridized carbons (Fsp3) is 0.500. The van der Waals surface area contributed by atoms with Gasteiger partial charge in [-0.2, -0.15) is 13.2 Å². The van der Waals surface area contributed by atoms with E-state index in [1.165, 1.54) is 7.11 Å². The molecule has 0 bridgehead atoms. The smallest absolute Gasteiger partial charge is 0.380 e. The fourth-order valence-electron chi connectivity index (χ4n) is 1.08. The van der Waals surface area contributed by atoms with E-state index in [2.05, 4.69) is 10.3 Å². The van der Waals surface area contributed by atoms with Crippen molar-refractivity contribution in [2.75, 3.05) is 19.0 Å². The Balaban J connectivity index is 2.83. The average molecular weight is 269 g/mol. The van der Waals surface area contributed by atoms with Crippen LogP contribution >= 0.6 is 11.6 Å². The molecule has 1 atom stereocenters. The molecule has 0 aliphatic carbocycles. The Morgan fingerprint density at radius 2 is 2.12 bits per heavy atom. The lowest BCUT2D eigenvalue weighted by molar-refractivity contribution is -0.137. The van der Waals surface area contributed by atoms with Crippen LogP contribution in [0.15, 0.2) is 12.1 Å². The van der Waals surface area contributed by atoms with Gasteiger partial charge in [-0.25, -0.2) is 4.98 Å². The quantitative estimate of drug-likeness (QED) is 0.852. The summed E-state index contributed by atoms with van der Waals surface area (Å²) in [6, 6.07) is 1.70. The normalized spacial score (nSPS) is 13.5. The largest absolute Gasteiger partial charge is 0.416 e. The van der Waals surface area contributed by atoms with Crippen LogP contribution in [0.4, 0.5) is 19.0 Å². The van der Waals surface area contributed by atoms with Gasteiger partial charge in [-0.15, -0.1) is 0 Å². The number of halogens is 4. The summed E-state index contributed by atoms with van der Waals surface area (Å²) >= 11 is 5.52. The zero-order valence-corrected chi connectivity index (χ0v) is 10.1. The van der Waals surface area contributed by atoms with Gasteiger partial charge in [0.2, 0.25) is 0 Å². The third-order valence-electron chi connectivity index (χ3n) is 2.09. The molecule has 1 rings (SSSR count). The van der Waals surface area contributed by atoms with Crippen LogP contribution in [0.1, 0.15) is 12.5 Å². The predicted octanol–water partition coefficient (Wildman–Crippen LogP) is 3.20. The number of hydrogen-bond donors (Lipinski definition) is 1. The lowest BCUT2D eigenvalue weighted by atomic mass is 10.2. The van der Waals surface area contributed by atoms with Crippen molar-refractivity contribution >= 4 is 17.4 Å². The van der Waals surface area contributed by atoms with Crippen LogP contribution in [0.5, 0.6) is 0 Å². The molecule has 1 aromatic heterocycles. The fourth-order valence-corrected chi connectivity index (χ4v) is 1.29. The molecular formula is C10H12ClF3N2O. The van der Waals surface area contributed by atoms with E-state index in [-0.39, 0.29) is 17.1 Å². The van der Waals surface area contributed by atoms with E-state index in [4.69, 9.17) is 16.3 Å². The first-order chi connectivity index (χ1) is 7.82. The first-order valence-corrected chi connectivity index (χ1v) is 5.22. The Morgan fingerprint density at radius 3 is 2.65 bits per heavy atom. The number of pyridine rings is 1. The first-order valence-electron chi connectivity index (χ1n) is 4.84. The van der Waals surface area contributed by atoms with Gasteiger partial charge >= 0.3 is 6.18 Å². The number of methoxy groups -OCH3 is 1. The highest BCUT2D eigenvalue weighted by molar-refractivity contribution is 6.29. The van der Waals surface area contributed by atoms with Crippen LogP contribution in [-0.4, -0.2) is 24.7 Å². The maximum Gasteiger partial charge on any atom is 0.416 e. The summed E-state index contributed by atoms with van der Waals surface area (Å²) in [7, 11) is 1.51. The van der Waals surface area contributed by atoms with Crippen molar-refractivity contribution < 1.29 is 17.9 Å². The van der Waals surface area contributed by atoms with Gasteiger partial charge in [0.15, 0.2) is 0 Å². The monoisotopic (exact) mass is 268 g/mol. The number of nitrogens with one attached hydrogen (secondary N) is 1.